The SMILES string of the molecule is CCCn1cnc2c1ccc[n+]2CC1=C(C(=O)O)N2C(=O)C(NC(=O)/C(=N\OCC)c3nsc(N)n3)C2SC1. The summed E-state index contributed by atoms with van der Waals surface area (Å²) in [4.78, 5) is 53.3. The molecule has 5 heterocycles. The Morgan fingerprint density at radius 1 is 1.38 bits per heavy atom. The summed E-state index contributed by atoms with van der Waals surface area (Å²) < 4.78 is 7.93. The van der Waals surface area contributed by atoms with Gasteiger partial charge in [0.05, 0.1) is 6.20 Å². The van der Waals surface area contributed by atoms with E-state index in [1.54, 1.807) is 13.3 Å². The van der Waals surface area contributed by atoms with Crippen LogP contribution in [-0.4, -0.2) is 76.2 Å². The number of amides is 2. The van der Waals surface area contributed by atoms with Crippen LogP contribution in [0.2, 0.25) is 0 Å². The number of oxime groups is 1. The summed E-state index contributed by atoms with van der Waals surface area (Å²) in [5.41, 5.74) is 7.58. The molecule has 2 aliphatic heterocycles. The molecule has 0 radical (unpaired) electrons. The molecule has 204 valence electrons. The molecule has 0 spiro atoms. The number of thioether (sulfide) groups is 1. The summed E-state index contributed by atoms with van der Waals surface area (Å²) in [6.07, 6.45) is 4.57. The molecule has 0 aromatic carbocycles. The number of nitrogens with two attached hydrogens (primary N) is 1. The molecule has 3 aromatic heterocycles. The molecule has 2 amide bonds. The number of aromatic nitrogens is 5. The molecule has 1 saturated heterocycles. The maximum Gasteiger partial charge on any atom is 0.352 e. The largest absolute Gasteiger partial charge is 0.477 e. The van der Waals surface area contributed by atoms with Gasteiger partial charge in [-0.15, -0.1) is 11.8 Å². The fourth-order valence-electron chi connectivity index (χ4n) is 4.49. The first-order valence-electron chi connectivity index (χ1n) is 12.2. The molecule has 4 N–H and O–H groups in total. The number of β-lactam (4-membered cyclic amide) rings is 1. The molecule has 39 heavy (non-hydrogen) atoms. The Labute approximate surface area is 230 Å². The average molecular weight is 573 g/mol. The van der Waals surface area contributed by atoms with Gasteiger partial charge in [0.2, 0.25) is 17.9 Å². The zero-order valence-electron chi connectivity index (χ0n) is 21.1. The minimum absolute atomic E-state index is 0.0237. The number of aryl methyl sites for hydroxylation is 1. The van der Waals surface area contributed by atoms with Crippen molar-refractivity contribution in [1.82, 2.24) is 29.1 Å². The van der Waals surface area contributed by atoms with E-state index in [4.69, 9.17) is 10.6 Å². The minimum Gasteiger partial charge on any atom is -0.477 e. The Morgan fingerprint density at radius 3 is 2.90 bits per heavy atom. The van der Waals surface area contributed by atoms with Gasteiger partial charge in [-0.05, 0) is 30.5 Å². The van der Waals surface area contributed by atoms with Gasteiger partial charge < -0.3 is 25.6 Å². The number of imidazole rings is 1. The number of hydrogen-bond acceptors (Lipinski definition) is 11. The molecule has 0 aliphatic carbocycles. The average Bonchev–Trinajstić information content (AvgIpc) is 3.54. The minimum atomic E-state index is -1.21. The highest BCUT2D eigenvalue weighted by atomic mass is 32.2. The fourth-order valence-corrected chi connectivity index (χ4v) is 6.26. The van der Waals surface area contributed by atoms with Crippen LogP contribution in [0.4, 0.5) is 5.13 Å². The quantitative estimate of drug-likeness (QED) is 0.133. The van der Waals surface area contributed by atoms with Crippen LogP contribution in [0.1, 0.15) is 26.1 Å². The predicted octanol–water partition coefficient (Wildman–Crippen LogP) is 0.347. The van der Waals surface area contributed by atoms with Crippen molar-refractivity contribution in [2.24, 2.45) is 5.16 Å². The second-order valence-corrected chi connectivity index (χ2v) is 10.6. The van der Waals surface area contributed by atoms with Crippen molar-refractivity contribution < 1.29 is 28.9 Å². The van der Waals surface area contributed by atoms with Crippen LogP contribution >= 0.6 is 23.3 Å². The number of pyridine rings is 1. The number of carboxylic acid groups (broad SMARTS) is 1. The van der Waals surface area contributed by atoms with Crippen molar-refractivity contribution in [2.75, 3.05) is 18.1 Å². The predicted molar refractivity (Wildman–Crippen MR) is 142 cm³/mol. The normalized spacial score (nSPS) is 19.2. The van der Waals surface area contributed by atoms with Gasteiger partial charge in [0.1, 0.15) is 35.8 Å². The first-order valence-corrected chi connectivity index (χ1v) is 14.0. The highest BCUT2D eigenvalue weighted by molar-refractivity contribution is 8.00. The van der Waals surface area contributed by atoms with Crippen molar-refractivity contribution in [3.63, 3.8) is 0 Å². The molecule has 2 unspecified atom stereocenters. The lowest BCUT2D eigenvalue weighted by Gasteiger charge is -2.49. The van der Waals surface area contributed by atoms with Crippen molar-refractivity contribution in [3.05, 3.63) is 41.8 Å². The standard InChI is InChI=1S/C23H25N9O5S2/c1-3-7-31-11-25-18-13(31)6-5-8-30(18)9-12-10-38-21-15(20(34)32(21)16(12)22(35)36)26-19(33)14(28-37-4-2)17-27-23(24)39-29-17/h5-6,8,11,15,21H,3-4,7,9-10H2,1-2H3,(H3-,24,26,27,29,33,35,36)/p+1/b28-14-. The van der Waals surface area contributed by atoms with Gasteiger partial charge in [-0.3, -0.25) is 14.5 Å². The van der Waals surface area contributed by atoms with Crippen LogP contribution in [0.5, 0.6) is 0 Å². The van der Waals surface area contributed by atoms with Crippen LogP contribution in [0.25, 0.3) is 11.2 Å². The lowest BCUT2D eigenvalue weighted by Crippen LogP contribution is -2.71. The van der Waals surface area contributed by atoms with Gasteiger partial charge in [0, 0.05) is 29.4 Å². The smallest absolute Gasteiger partial charge is 0.352 e. The lowest BCUT2D eigenvalue weighted by molar-refractivity contribution is -0.664. The third-order valence-corrected chi connectivity index (χ3v) is 8.05. The third-order valence-electron chi connectivity index (χ3n) is 6.17. The van der Waals surface area contributed by atoms with Crippen LogP contribution in [0.15, 0.2) is 41.1 Å². The molecule has 5 rings (SSSR count). The third kappa shape index (κ3) is 4.92. The molecule has 2 atom stereocenters. The summed E-state index contributed by atoms with van der Waals surface area (Å²) in [6, 6.07) is 2.90. The zero-order chi connectivity index (χ0) is 27.7. The van der Waals surface area contributed by atoms with E-state index in [2.05, 4.69) is 36.3 Å². The van der Waals surface area contributed by atoms with Crippen molar-refractivity contribution in [2.45, 2.75) is 44.8 Å². The molecular weight excluding hydrogens is 546 g/mol. The van der Waals surface area contributed by atoms with Gasteiger partial charge in [-0.25, -0.2) is 9.36 Å². The summed E-state index contributed by atoms with van der Waals surface area (Å²) in [6.45, 7) is 5.05. The van der Waals surface area contributed by atoms with Crippen LogP contribution < -0.4 is 15.6 Å². The van der Waals surface area contributed by atoms with E-state index in [9.17, 15) is 19.5 Å². The van der Waals surface area contributed by atoms with E-state index in [0.29, 0.717) is 11.3 Å². The van der Waals surface area contributed by atoms with Gasteiger partial charge in [-0.1, -0.05) is 12.1 Å². The molecule has 0 saturated carbocycles. The van der Waals surface area contributed by atoms with E-state index in [1.807, 2.05) is 22.9 Å². The summed E-state index contributed by atoms with van der Waals surface area (Å²) >= 11 is 2.26. The molecule has 0 bridgehead atoms. The Morgan fingerprint density at radius 2 is 2.21 bits per heavy atom. The molecule has 1 fully saturated rings. The Balaban J connectivity index is 1.37. The van der Waals surface area contributed by atoms with E-state index >= 15 is 0 Å². The Bertz CT molecular complexity index is 1510. The number of carbonyl (C=O) groups excluding carboxylic acids is 2. The highest BCUT2D eigenvalue weighted by Crippen LogP contribution is 2.40. The van der Waals surface area contributed by atoms with Gasteiger partial charge in [0.25, 0.3) is 11.8 Å². The number of fused-ring (bicyclic) bond motifs is 2. The number of nitrogens with zero attached hydrogens (tertiary/aromatic N) is 7. The molecule has 16 heteroatoms. The van der Waals surface area contributed by atoms with Crippen LogP contribution in [0.3, 0.4) is 0 Å². The maximum atomic E-state index is 13.2. The number of carbonyl (C=O) groups is 3. The zero-order valence-corrected chi connectivity index (χ0v) is 22.7. The second kappa shape index (κ2) is 11.0. The molecule has 14 nitrogen and oxygen atoms in total. The fraction of sp³-hybridized carbons (Fsp3) is 0.391. The first-order chi connectivity index (χ1) is 18.8. The number of carboxylic acids is 1. The van der Waals surface area contributed by atoms with Crippen molar-refractivity contribution >= 4 is 63.1 Å². The number of rotatable bonds is 10. The van der Waals surface area contributed by atoms with Crippen molar-refractivity contribution in [1.29, 1.82) is 0 Å². The van der Waals surface area contributed by atoms with Crippen LogP contribution in [-0.2, 0) is 32.3 Å². The first kappa shape index (κ1) is 26.6. The number of aliphatic carboxylic acids is 1. The van der Waals surface area contributed by atoms with Crippen LogP contribution in [0, 0.1) is 0 Å². The lowest BCUT2D eigenvalue weighted by atomic mass is 10.0. The van der Waals surface area contributed by atoms with Gasteiger partial charge in [0.15, 0.2) is 5.13 Å². The molecule has 2 aliphatic rings. The second-order valence-electron chi connectivity index (χ2n) is 8.72. The number of nitrogens with one attached hydrogen (secondary N) is 1. The summed E-state index contributed by atoms with van der Waals surface area (Å²) in [5.74, 6) is -2.14. The van der Waals surface area contributed by atoms with E-state index in [1.165, 1.54) is 16.7 Å². The topological polar surface area (TPSA) is 182 Å². The van der Waals surface area contributed by atoms with E-state index in [0.717, 1.165) is 35.7 Å². The van der Waals surface area contributed by atoms with Crippen molar-refractivity contribution in [3.8, 4) is 0 Å². The molecule has 3 aromatic rings. The molecular formula is C23H26N9O5S2+. The maximum absolute atomic E-state index is 13.2. The van der Waals surface area contributed by atoms with E-state index < -0.39 is 29.2 Å². The van der Waals surface area contributed by atoms with Gasteiger partial charge in [-0.2, -0.15) is 9.36 Å². The summed E-state index contributed by atoms with van der Waals surface area (Å²) in [7, 11) is 0. The number of nitrogen functional groups attached to an aromatic ring is 1. The van der Waals surface area contributed by atoms with Gasteiger partial charge >= 0.3 is 11.6 Å². The Kier molecular flexibility index (Phi) is 7.47. The summed E-state index contributed by atoms with van der Waals surface area (Å²) in [5, 5.41) is 16.1. The monoisotopic (exact) mass is 572 g/mol. The number of hydrogen-bond donors (Lipinski definition) is 3. The highest BCUT2D eigenvalue weighted by Gasteiger charge is 2.54. The Hall–Kier alpha value is -4.05. The number of anilines is 1. The van der Waals surface area contributed by atoms with E-state index in [-0.39, 0.29) is 35.5 Å².